The summed E-state index contributed by atoms with van der Waals surface area (Å²) in [5.74, 6) is 2.15. The Bertz CT molecular complexity index is 1080. The maximum Gasteiger partial charge on any atom is 0.255 e. The Kier molecular flexibility index (Phi) is 7.26. The standard InChI is InChI=1S/C24H24ClNO5/c1-15-11-19(6-8-20(15)25)31-14-17-12-16(5-9-22(17)29-3)24(27)26-21-13-18(28-2)7-10-23(21)30-4/h5-13H,14H2,1-4H3,(H,26,27). The van der Waals surface area contributed by atoms with Gasteiger partial charge in [0.2, 0.25) is 0 Å². The normalized spacial score (nSPS) is 10.4. The van der Waals surface area contributed by atoms with E-state index in [2.05, 4.69) is 5.32 Å². The molecule has 0 saturated carbocycles. The number of carbonyl (C=O) groups is 1. The number of carbonyl (C=O) groups excluding carboxylic acids is 1. The van der Waals surface area contributed by atoms with E-state index in [1.54, 1.807) is 69.9 Å². The molecule has 0 aliphatic heterocycles. The van der Waals surface area contributed by atoms with Crippen molar-refractivity contribution < 1.29 is 23.7 Å². The monoisotopic (exact) mass is 441 g/mol. The van der Waals surface area contributed by atoms with Crippen LogP contribution < -0.4 is 24.3 Å². The summed E-state index contributed by atoms with van der Waals surface area (Å²) < 4.78 is 21.9. The molecule has 6 nitrogen and oxygen atoms in total. The molecule has 0 unspecified atom stereocenters. The lowest BCUT2D eigenvalue weighted by Crippen LogP contribution is -2.13. The van der Waals surface area contributed by atoms with E-state index in [1.165, 1.54) is 0 Å². The third-order valence-electron chi connectivity index (χ3n) is 4.72. The zero-order valence-electron chi connectivity index (χ0n) is 17.8. The van der Waals surface area contributed by atoms with Crippen LogP contribution in [-0.2, 0) is 6.61 Å². The van der Waals surface area contributed by atoms with Crippen molar-refractivity contribution in [3.8, 4) is 23.0 Å². The Morgan fingerprint density at radius 3 is 2.26 bits per heavy atom. The van der Waals surface area contributed by atoms with Gasteiger partial charge in [0.25, 0.3) is 5.91 Å². The first kappa shape index (κ1) is 22.3. The number of rotatable bonds is 8. The summed E-state index contributed by atoms with van der Waals surface area (Å²) >= 11 is 6.07. The van der Waals surface area contributed by atoms with E-state index in [9.17, 15) is 4.79 Å². The fraction of sp³-hybridized carbons (Fsp3) is 0.208. The number of ether oxygens (including phenoxy) is 4. The minimum atomic E-state index is -0.294. The summed E-state index contributed by atoms with van der Waals surface area (Å²) in [6.07, 6.45) is 0. The summed E-state index contributed by atoms with van der Waals surface area (Å²) in [6.45, 7) is 2.14. The van der Waals surface area contributed by atoms with E-state index in [1.807, 2.05) is 13.0 Å². The molecule has 0 spiro atoms. The van der Waals surface area contributed by atoms with E-state index in [0.29, 0.717) is 39.3 Å². The molecule has 0 atom stereocenters. The van der Waals surface area contributed by atoms with Crippen molar-refractivity contribution in [2.45, 2.75) is 13.5 Å². The highest BCUT2D eigenvalue weighted by molar-refractivity contribution is 6.31. The van der Waals surface area contributed by atoms with Crippen LogP contribution in [0.5, 0.6) is 23.0 Å². The molecule has 3 aromatic rings. The van der Waals surface area contributed by atoms with Crippen molar-refractivity contribution in [3.05, 3.63) is 76.3 Å². The van der Waals surface area contributed by atoms with Gasteiger partial charge in [0.15, 0.2) is 0 Å². The van der Waals surface area contributed by atoms with Gasteiger partial charge in [-0.25, -0.2) is 0 Å². The molecule has 0 bridgehead atoms. The molecule has 0 fully saturated rings. The van der Waals surface area contributed by atoms with Crippen LogP contribution in [0.3, 0.4) is 0 Å². The molecule has 7 heteroatoms. The minimum Gasteiger partial charge on any atom is -0.497 e. The first-order valence-electron chi connectivity index (χ1n) is 9.54. The molecule has 0 heterocycles. The average molecular weight is 442 g/mol. The van der Waals surface area contributed by atoms with Crippen LogP contribution in [0.1, 0.15) is 21.5 Å². The predicted molar refractivity (Wildman–Crippen MR) is 121 cm³/mol. The number of amides is 1. The molecule has 3 rings (SSSR count). The van der Waals surface area contributed by atoms with Gasteiger partial charge in [0.1, 0.15) is 29.6 Å². The molecule has 1 amide bonds. The highest BCUT2D eigenvalue weighted by Crippen LogP contribution is 2.30. The molecule has 31 heavy (non-hydrogen) atoms. The smallest absolute Gasteiger partial charge is 0.255 e. The van der Waals surface area contributed by atoms with Gasteiger partial charge in [-0.2, -0.15) is 0 Å². The number of aryl methyl sites for hydroxylation is 1. The Morgan fingerprint density at radius 2 is 1.58 bits per heavy atom. The molecular formula is C24H24ClNO5. The molecule has 3 aromatic carbocycles. The van der Waals surface area contributed by atoms with Gasteiger partial charge in [-0.3, -0.25) is 4.79 Å². The highest BCUT2D eigenvalue weighted by Gasteiger charge is 2.14. The summed E-state index contributed by atoms with van der Waals surface area (Å²) in [4.78, 5) is 12.9. The lowest BCUT2D eigenvalue weighted by Gasteiger charge is -2.14. The zero-order chi connectivity index (χ0) is 22.4. The number of anilines is 1. The summed E-state index contributed by atoms with van der Waals surface area (Å²) in [6, 6.07) is 15.8. The second-order valence-electron chi connectivity index (χ2n) is 6.75. The number of benzene rings is 3. The topological polar surface area (TPSA) is 66.0 Å². The maximum absolute atomic E-state index is 12.9. The third-order valence-corrected chi connectivity index (χ3v) is 5.15. The first-order valence-corrected chi connectivity index (χ1v) is 9.92. The Hall–Kier alpha value is -3.38. The van der Waals surface area contributed by atoms with Crippen LogP contribution in [0.15, 0.2) is 54.6 Å². The van der Waals surface area contributed by atoms with Crippen molar-refractivity contribution in [2.75, 3.05) is 26.6 Å². The molecule has 0 radical (unpaired) electrons. The number of halogens is 1. The molecule has 0 aliphatic carbocycles. The van der Waals surface area contributed by atoms with E-state index in [4.69, 9.17) is 30.5 Å². The van der Waals surface area contributed by atoms with Crippen LogP contribution in [0.2, 0.25) is 5.02 Å². The maximum atomic E-state index is 12.9. The van der Waals surface area contributed by atoms with E-state index >= 15 is 0 Å². The Balaban J connectivity index is 1.80. The van der Waals surface area contributed by atoms with Gasteiger partial charge in [-0.1, -0.05) is 11.6 Å². The van der Waals surface area contributed by atoms with Crippen LogP contribution in [-0.4, -0.2) is 27.2 Å². The third kappa shape index (κ3) is 5.41. The van der Waals surface area contributed by atoms with Gasteiger partial charge in [-0.15, -0.1) is 0 Å². The van der Waals surface area contributed by atoms with Crippen molar-refractivity contribution in [3.63, 3.8) is 0 Å². The fourth-order valence-corrected chi connectivity index (χ4v) is 3.12. The highest BCUT2D eigenvalue weighted by atomic mass is 35.5. The lowest BCUT2D eigenvalue weighted by molar-refractivity contribution is 0.102. The average Bonchev–Trinajstić information content (AvgIpc) is 2.79. The molecule has 0 aliphatic rings. The number of hydrogen-bond acceptors (Lipinski definition) is 5. The van der Waals surface area contributed by atoms with Crippen LogP contribution in [0.25, 0.3) is 0 Å². The molecule has 1 N–H and O–H groups in total. The van der Waals surface area contributed by atoms with Gasteiger partial charge in [0, 0.05) is 22.2 Å². The molecule has 0 aromatic heterocycles. The Labute approximate surface area is 186 Å². The minimum absolute atomic E-state index is 0.230. The quantitative estimate of drug-likeness (QED) is 0.499. The van der Waals surface area contributed by atoms with Gasteiger partial charge in [-0.05, 0) is 61.0 Å². The van der Waals surface area contributed by atoms with Gasteiger partial charge >= 0.3 is 0 Å². The number of methoxy groups -OCH3 is 3. The fourth-order valence-electron chi connectivity index (χ4n) is 3.01. The molecule has 0 saturated heterocycles. The van der Waals surface area contributed by atoms with E-state index in [0.717, 1.165) is 11.1 Å². The van der Waals surface area contributed by atoms with Crippen molar-refractivity contribution in [1.82, 2.24) is 0 Å². The van der Waals surface area contributed by atoms with Crippen LogP contribution >= 0.6 is 11.6 Å². The van der Waals surface area contributed by atoms with Crippen LogP contribution in [0, 0.1) is 6.92 Å². The van der Waals surface area contributed by atoms with Gasteiger partial charge < -0.3 is 24.3 Å². The number of nitrogens with one attached hydrogen (secondary N) is 1. The summed E-state index contributed by atoms with van der Waals surface area (Å²) in [7, 11) is 4.68. The van der Waals surface area contributed by atoms with Crippen molar-refractivity contribution in [1.29, 1.82) is 0 Å². The summed E-state index contributed by atoms with van der Waals surface area (Å²) in [5, 5.41) is 3.54. The molecule has 162 valence electrons. The van der Waals surface area contributed by atoms with Crippen molar-refractivity contribution >= 4 is 23.2 Å². The van der Waals surface area contributed by atoms with Crippen molar-refractivity contribution in [2.24, 2.45) is 0 Å². The second-order valence-corrected chi connectivity index (χ2v) is 7.15. The van der Waals surface area contributed by atoms with Crippen LogP contribution in [0.4, 0.5) is 5.69 Å². The number of hydrogen-bond donors (Lipinski definition) is 1. The largest absolute Gasteiger partial charge is 0.497 e. The second kappa shape index (κ2) is 10.1. The van der Waals surface area contributed by atoms with E-state index in [-0.39, 0.29) is 12.5 Å². The van der Waals surface area contributed by atoms with E-state index < -0.39 is 0 Å². The zero-order valence-corrected chi connectivity index (χ0v) is 18.6. The SMILES string of the molecule is COc1ccc(OC)c(NC(=O)c2ccc(OC)c(COc3ccc(Cl)c(C)c3)c2)c1. The molecular weight excluding hydrogens is 418 g/mol. The first-order chi connectivity index (χ1) is 14.9. The predicted octanol–water partition coefficient (Wildman–Crippen LogP) is 5.51. The summed E-state index contributed by atoms with van der Waals surface area (Å²) in [5.41, 5.74) is 2.63. The lowest BCUT2D eigenvalue weighted by atomic mass is 10.1. The Morgan fingerprint density at radius 1 is 0.871 bits per heavy atom. The van der Waals surface area contributed by atoms with Gasteiger partial charge in [0.05, 0.1) is 27.0 Å².